The van der Waals surface area contributed by atoms with Crippen molar-refractivity contribution >= 4 is 16.9 Å². The Morgan fingerprint density at radius 1 is 1.27 bits per heavy atom. The summed E-state index contributed by atoms with van der Waals surface area (Å²) in [6, 6.07) is 7.46. The zero-order valence-electron chi connectivity index (χ0n) is 15.5. The van der Waals surface area contributed by atoms with E-state index in [1.807, 2.05) is 45.0 Å². The van der Waals surface area contributed by atoms with Crippen molar-refractivity contribution in [2.24, 2.45) is 0 Å². The number of aryl methyl sites for hydroxylation is 3. The number of furan rings is 1. The van der Waals surface area contributed by atoms with Gasteiger partial charge in [0.05, 0.1) is 17.3 Å². The van der Waals surface area contributed by atoms with E-state index in [0.717, 1.165) is 22.4 Å². The topological polar surface area (TPSA) is 77.1 Å². The largest absolute Gasteiger partial charge is 0.469 e. The summed E-state index contributed by atoms with van der Waals surface area (Å²) in [7, 11) is 0. The van der Waals surface area contributed by atoms with E-state index in [2.05, 4.69) is 10.3 Å². The number of benzene rings is 1. The molecule has 1 aromatic carbocycles. The SMILES string of the molecule is Cc1cc2nc(C)c(=O)n(CC(=O)NC(C)Cc3ccco3)c2cc1C. The number of hydrogen-bond donors (Lipinski definition) is 1. The Kier molecular flexibility index (Phi) is 4.93. The summed E-state index contributed by atoms with van der Waals surface area (Å²) in [4.78, 5) is 29.4. The summed E-state index contributed by atoms with van der Waals surface area (Å²) in [5, 5.41) is 2.92. The molecule has 2 aromatic heterocycles. The lowest BCUT2D eigenvalue weighted by molar-refractivity contribution is -0.122. The average Bonchev–Trinajstić information content (AvgIpc) is 3.06. The van der Waals surface area contributed by atoms with Gasteiger partial charge in [0.2, 0.25) is 5.91 Å². The molecule has 0 spiro atoms. The molecule has 0 bridgehead atoms. The highest BCUT2D eigenvalue weighted by Crippen LogP contribution is 2.17. The number of carbonyl (C=O) groups is 1. The first-order valence-electron chi connectivity index (χ1n) is 8.65. The van der Waals surface area contributed by atoms with Gasteiger partial charge in [0, 0.05) is 12.5 Å². The minimum absolute atomic E-state index is 0.0380. The quantitative estimate of drug-likeness (QED) is 0.765. The second kappa shape index (κ2) is 7.15. The van der Waals surface area contributed by atoms with Crippen molar-refractivity contribution in [1.29, 1.82) is 0 Å². The Balaban J connectivity index is 1.85. The Labute approximate surface area is 151 Å². The highest BCUT2D eigenvalue weighted by atomic mass is 16.3. The lowest BCUT2D eigenvalue weighted by atomic mass is 10.1. The molecule has 0 radical (unpaired) electrons. The Bertz CT molecular complexity index is 1000. The fourth-order valence-corrected chi connectivity index (χ4v) is 3.03. The van der Waals surface area contributed by atoms with Crippen molar-refractivity contribution in [2.75, 3.05) is 0 Å². The van der Waals surface area contributed by atoms with Crippen LogP contribution in [0.2, 0.25) is 0 Å². The van der Waals surface area contributed by atoms with Gasteiger partial charge in [0.25, 0.3) is 5.56 Å². The van der Waals surface area contributed by atoms with Gasteiger partial charge in [-0.25, -0.2) is 4.98 Å². The summed E-state index contributed by atoms with van der Waals surface area (Å²) < 4.78 is 6.81. The van der Waals surface area contributed by atoms with Gasteiger partial charge in [-0.15, -0.1) is 0 Å². The molecule has 26 heavy (non-hydrogen) atoms. The third-order valence-electron chi connectivity index (χ3n) is 4.52. The minimum Gasteiger partial charge on any atom is -0.469 e. The van der Waals surface area contributed by atoms with Crippen molar-refractivity contribution in [1.82, 2.24) is 14.9 Å². The van der Waals surface area contributed by atoms with Crippen molar-refractivity contribution in [3.63, 3.8) is 0 Å². The first-order chi connectivity index (χ1) is 12.3. The summed E-state index contributed by atoms with van der Waals surface area (Å²) in [5.74, 6) is 0.600. The van der Waals surface area contributed by atoms with Gasteiger partial charge >= 0.3 is 0 Å². The van der Waals surface area contributed by atoms with Gasteiger partial charge in [-0.05, 0) is 63.1 Å². The number of aromatic nitrogens is 2. The molecule has 6 heteroatoms. The van der Waals surface area contributed by atoms with Gasteiger partial charge < -0.3 is 9.73 Å². The van der Waals surface area contributed by atoms with Crippen molar-refractivity contribution in [3.8, 4) is 0 Å². The number of carbonyl (C=O) groups excluding carboxylic acids is 1. The normalized spacial score (nSPS) is 12.3. The maximum absolute atomic E-state index is 12.6. The van der Waals surface area contributed by atoms with Crippen molar-refractivity contribution in [2.45, 2.75) is 46.7 Å². The first kappa shape index (κ1) is 17.9. The molecule has 0 aliphatic heterocycles. The van der Waals surface area contributed by atoms with Crippen LogP contribution in [0, 0.1) is 20.8 Å². The zero-order valence-corrected chi connectivity index (χ0v) is 15.5. The Morgan fingerprint density at radius 3 is 2.69 bits per heavy atom. The smallest absolute Gasteiger partial charge is 0.272 e. The third kappa shape index (κ3) is 3.69. The fourth-order valence-electron chi connectivity index (χ4n) is 3.03. The third-order valence-corrected chi connectivity index (χ3v) is 4.52. The highest BCUT2D eigenvalue weighted by molar-refractivity contribution is 5.81. The molecular weight excluding hydrogens is 330 g/mol. The van der Waals surface area contributed by atoms with Crippen LogP contribution in [0.15, 0.2) is 39.7 Å². The number of amides is 1. The molecule has 1 atom stereocenters. The molecule has 1 N–H and O–H groups in total. The highest BCUT2D eigenvalue weighted by Gasteiger charge is 2.15. The maximum Gasteiger partial charge on any atom is 0.272 e. The zero-order chi connectivity index (χ0) is 18.8. The van der Waals surface area contributed by atoms with E-state index in [0.29, 0.717) is 17.6 Å². The standard InChI is InChI=1S/C20H23N3O3/c1-12-8-17-18(9-13(12)2)23(20(25)15(4)22-17)11-19(24)21-14(3)10-16-6-5-7-26-16/h5-9,14H,10-11H2,1-4H3,(H,21,24). The molecule has 6 nitrogen and oxygen atoms in total. The molecule has 3 rings (SSSR count). The van der Waals surface area contributed by atoms with Crippen LogP contribution >= 0.6 is 0 Å². The van der Waals surface area contributed by atoms with Crippen LogP contribution in [0.5, 0.6) is 0 Å². The maximum atomic E-state index is 12.6. The number of nitrogens with zero attached hydrogens (tertiary/aromatic N) is 2. The molecule has 0 aliphatic rings. The van der Waals surface area contributed by atoms with E-state index in [1.165, 1.54) is 4.57 Å². The van der Waals surface area contributed by atoms with Gasteiger partial charge in [0.1, 0.15) is 18.0 Å². The van der Waals surface area contributed by atoms with E-state index >= 15 is 0 Å². The average molecular weight is 353 g/mol. The van der Waals surface area contributed by atoms with Crippen LogP contribution in [-0.2, 0) is 17.8 Å². The Morgan fingerprint density at radius 2 is 2.00 bits per heavy atom. The minimum atomic E-state index is -0.241. The van der Waals surface area contributed by atoms with E-state index < -0.39 is 0 Å². The van der Waals surface area contributed by atoms with Crippen LogP contribution in [0.25, 0.3) is 11.0 Å². The van der Waals surface area contributed by atoms with Gasteiger partial charge in [-0.2, -0.15) is 0 Å². The van der Waals surface area contributed by atoms with Crippen molar-refractivity contribution < 1.29 is 9.21 Å². The molecule has 2 heterocycles. The summed E-state index contributed by atoms with van der Waals surface area (Å²) in [6.07, 6.45) is 2.21. The number of rotatable bonds is 5. The monoisotopic (exact) mass is 353 g/mol. The van der Waals surface area contributed by atoms with Gasteiger partial charge in [-0.1, -0.05) is 0 Å². The molecule has 3 aromatic rings. The molecule has 0 aliphatic carbocycles. The molecule has 1 unspecified atom stereocenters. The number of hydrogen-bond acceptors (Lipinski definition) is 4. The van der Waals surface area contributed by atoms with E-state index in [4.69, 9.17) is 4.42 Å². The predicted octanol–water partition coefficient (Wildman–Crippen LogP) is 2.66. The molecule has 1 amide bonds. The van der Waals surface area contributed by atoms with Crippen LogP contribution in [0.1, 0.15) is 29.5 Å². The van der Waals surface area contributed by atoms with Crippen LogP contribution in [0.3, 0.4) is 0 Å². The molecule has 0 saturated heterocycles. The van der Waals surface area contributed by atoms with Gasteiger partial charge in [-0.3, -0.25) is 14.2 Å². The lowest BCUT2D eigenvalue weighted by Crippen LogP contribution is -2.39. The molecular formula is C20H23N3O3. The molecule has 0 fully saturated rings. The summed E-state index contributed by atoms with van der Waals surface area (Å²) in [6.45, 7) is 7.53. The van der Waals surface area contributed by atoms with E-state index in [1.54, 1.807) is 13.2 Å². The summed E-state index contributed by atoms with van der Waals surface area (Å²) in [5.41, 5.74) is 3.71. The van der Waals surface area contributed by atoms with E-state index in [-0.39, 0.29) is 24.1 Å². The second-order valence-corrected chi connectivity index (χ2v) is 6.77. The van der Waals surface area contributed by atoms with Crippen LogP contribution < -0.4 is 10.9 Å². The second-order valence-electron chi connectivity index (χ2n) is 6.77. The first-order valence-corrected chi connectivity index (χ1v) is 8.65. The lowest BCUT2D eigenvalue weighted by Gasteiger charge is -2.16. The fraction of sp³-hybridized carbons (Fsp3) is 0.350. The Hall–Kier alpha value is -2.89. The van der Waals surface area contributed by atoms with Gasteiger partial charge in [0.15, 0.2) is 0 Å². The number of fused-ring (bicyclic) bond motifs is 1. The molecule has 0 saturated carbocycles. The molecule has 136 valence electrons. The van der Waals surface area contributed by atoms with E-state index in [9.17, 15) is 9.59 Å². The van der Waals surface area contributed by atoms with Crippen LogP contribution in [0.4, 0.5) is 0 Å². The number of nitrogens with one attached hydrogen (secondary N) is 1. The predicted molar refractivity (Wildman–Crippen MR) is 100 cm³/mol. The van der Waals surface area contributed by atoms with Crippen molar-refractivity contribution in [3.05, 3.63) is 63.5 Å². The van der Waals surface area contributed by atoms with Crippen LogP contribution in [-0.4, -0.2) is 21.5 Å². The summed E-state index contributed by atoms with van der Waals surface area (Å²) >= 11 is 0.